The Morgan fingerprint density at radius 1 is 1.11 bits per heavy atom. The van der Waals surface area contributed by atoms with Crippen molar-refractivity contribution < 1.29 is 31.9 Å². The van der Waals surface area contributed by atoms with Gasteiger partial charge in [0.2, 0.25) is 0 Å². The first-order valence-corrected chi connectivity index (χ1v) is 14.5. The van der Waals surface area contributed by atoms with Crippen molar-refractivity contribution in [2.45, 2.75) is 44.9 Å². The first-order valence-electron chi connectivity index (χ1n) is 14.5. The molecular weight excluding hydrogens is 610 g/mol. The molecule has 0 radical (unpaired) electrons. The second kappa shape index (κ2) is 12.9. The van der Waals surface area contributed by atoms with E-state index in [0.717, 1.165) is 15.5 Å². The number of benzene rings is 2. The largest absolute Gasteiger partial charge is 0.411 e. The SMILES string of the molecule is CCC(=O)[C@H](Cc1ccc(-n2c(=O)c3ccncc3n(C)c2=O)cc1)NC(=O)c1c(C)cc(N2CCOC[C@@H]2C(F)(F)F)cc1F. The summed E-state index contributed by atoms with van der Waals surface area (Å²) in [6, 6.07) is 7.01. The monoisotopic (exact) mass is 641 g/mol. The Hall–Kier alpha value is -4.85. The molecule has 0 spiro atoms. The van der Waals surface area contributed by atoms with Gasteiger partial charge in [-0.2, -0.15) is 13.2 Å². The molecule has 14 heteroatoms. The number of nitrogens with zero attached hydrogens (tertiary/aromatic N) is 4. The minimum Gasteiger partial charge on any atom is -0.377 e. The predicted octanol–water partition coefficient (Wildman–Crippen LogP) is 3.62. The number of hydrogen-bond acceptors (Lipinski definition) is 7. The average molecular weight is 642 g/mol. The van der Waals surface area contributed by atoms with Crippen LogP contribution in [-0.4, -0.2) is 63.8 Å². The number of hydrogen-bond donors (Lipinski definition) is 1. The van der Waals surface area contributed by atoms with E-state index in [4.69, 9.17) is 4.74 Å². The fourth-order valence-corrected chi connectivity index (χ4v) is 5.62. The fourth-order valence-electron chi connectivity index (χ4n) is 5.62. The second-order valence-corrected chi connectivity index (χ2v) is 11.0. The summed E-state index contributed by atoms with van der Waals surface area (Å²) < 4.78 is 63.4. The maximum atomic E-state index is 15.4. The Labute approximate surface area is 260 Å². The zero-order valence-electron chi connectivity index (χ0n) is 25.2. The van der Waals surface area contributed by atoms with Crippen molar-refractivity contribution in [3.05, 3.63) is 98.2 Å². The summed E-state index contributed by atoms with van der Waals surface area (Å²) >= 11 is 0. The van der Waals surface area contributed by atoms with Crippen LogP contribution in [0.2, 0.25) is 0 Å². The molecule has 2 atom stereocenters. The highest BCUT2D eigenvalue weighted by molar-refractivity contribution is 5.99. The Bertz CT molecular complexity index is 1900. The summed E-state index contributed by atoms with van der Waals surface area (Å²) in [5, 5.41) is 2.89. The summed E-state index contributed by atoms with van der Waals surface area (Å²) in [4.78, 5) is 57.2. The van der Waals surface area contributed by atoms with Gasteiger partial charge in [-0.25, -0.2) is 13.8 Å². The molecule has 46 heavy (non-hydrogen) atoms. The molecule has 3 heterocycles. The Morgan fingerprint density at radius 3 is 2.48 bits per heavy atom. The Kier molecular flexibility index (Phi) is 9.10. The van der Waals surface area contributed by atoms with Crippen molar-refractivity contribution in [1.29, 1.82) is 0 Å². The highest BCUT2D eigenvalue weighted by Gasteiger charge is 2.45. The van der Waals surface area contributed by atoms with Crippen LogP contribution >= 0.6 is 0 Å². The number of ether oxygens (including phenoxy) is 1. The van der Waals surface area contributed by atoms with Gasteiger partial charge in [0, 0.05) is 31.9 Å². The number of anilines is 1. The highest BCUT2D eigenvalue weighted by Crippen LogP contribution is 2.33. The van der Waals surface area contributed by atoms with E-state index < -0.39 is 47.8 Å². The molecule has 1 fully saturated rings. The molecule has 4 aromatic rings. The minimum atomic E-state index is -4.61. The van der Waals surface area contributed by atoms with Crippen LogP contribution in [0.1, 0.15) is 34.8 Å². The minimum absolute atomic E-state index is 0.0226. The number of morpholine rings is 1. The summed E-state index contributed by atoms with van der Waals surface area (Å²) in [5.41, 5.74) is -0.145. The number of amides is 1. The zero-order chi connectivity index (χ0) is 33.3. The molecule has 5 rings (SSSR count). The van der Waals surface area contributed by atoms with Crippen LogP contribution in [-0.2, 0) is 23.0 Å². The van der Waals surface area contributed by atoms with Crippen LogP contribution in [0, 0.1) is 12.7 Å². The van der Waals surface area contributed by atoms with E-state index in [0.29, 0.717) is 22.2 Å². The number of pyridine rings is 1. The number of fused-ring (bicyclic) bond motifs is 1. The lowest BCUT2D eigenvalue weighted by Crippen LogP contribution is -2.53. The molecule has 2 aromatic carbocycles. The van der Waals surface area contributed by atoms with Gasteiger partial charge in [-0.3, -0.25) is 23.9 Å². The third-order valence-corrected chi connectivity index (χ3v) is 8.09. The average Bonchev–Trinajstić information content (AvgIpc) is 3.03. The quantitative estimate of drug-likeness (QED) is 0.293. The van der Waals surface area contributed by atoms with Crippen molar-refractivity contribution in [2.75, 3.05) is 24.7 Å². The smallest absolute Gasteiger partial charge is 0.377 e. The molecule has 0 bridgehead atoms. The van der Waals surface area contributed by atoms with E-state index in [-0.39, 0.29) is 48.6 Å². The predicted molar refractivity (Wildman–Crippen MR) is 162 cm³/mol. The number of aryl methyl sites for hydroxylation is 2. The van der Waals surface area contributed by atoms with Crippen molar-refractivity contribution in [1.82, 2.24) is 19.4 Å². The van der Waals surface area contributed by atoms with Gasteiger partial charge in [-0.15, -0.1) is 0 Å². The molecule has 0 aliphatic carbocycles. The number of ketones is 1. The van der Waals surface area contributed by atoms with Gasteiger partial charge in [0.15, 0.2) is 5.78 Å². The van der Waals surface area contributed by atoms with E-state index >= 15 is 4.39 Å². The van der Waals surface area contributed by atoms with Gasteiger partial charge >= 0.3 is 11.9 Å². The number of rotatable bonds is 8. The molecule has 0 saturated carbocycles. The van der Waals surface area contributed by atoms with E-state index in [9.17, 15) is 32.3 Å². The van der Waals surface area contributed by atoms with Crippen LogP contribution < -0.4 is 21.5 Å². The molecule has 1 N–H and O–H groups in total. The third-order valence-electron chi connectivity index (χ3n) is 8.09. The van der Waals surface area contributed by atoms with Crippen molar-refractivity contribution >= 4 is 28.3 Å². The zero-order valence-corrected chi connectivity index (χ0v) is 25.2. The molecule has 10 nitrogen and oxygen atoms in total. The number of aromatic nitrogens is 3. The Balaban J connectivity index is 1.38. The molecule has 0 unspecified atom stereocenters. The molecule has 242 valence electrons. The van der Waals surface area contributed by atoms with Crippen molar-refractivity contribution in [3.8, 4) is 5.69 Å². The summed E-state index contributed by atoms with van der Waals surface area (Å²) in [5.74, 6) is -2.24. The molecular formula is C32H31F4N5O5. The molecule has 1 amide bonds. The van der Waals surface area contributed by atoms with Gasteiger partial charge in [-0.1, -0.05) is 19.1 Å². The number of halogens is 4. The standard InChI is InChI=1S/C32H31F4N5O5/c1-4-26(42)24(14-19-5-7-20(8-6-19)41-30(44)22-9-10-37-16-25(22)39(3)31(41)45)38-29(43)28-18(2)13-21(15-23(28)33)40-11-12-46-17-27(40)32(34,35)36/h5-10,13,15-16,24,27H,4,11-12,14,17H2,1-3H3,(H,38,43)/t24-,27+/m0/s1. The van der Waals surface area contributed by atoms with Crippen molar-refractivity contribution in [3.63, 3.8) is 0 Å². The maximum absolute atomic E-state index is 15.4. The van der Waals surface area contributed by atoms with Gasteiger partial charge < -0.3 is 15.0 Å². The number of Topliss-reactive ketones (excluding diaryl/α,β-unsaturated/α-hetero) is 1. The van der Waals surface area contributed by atoms with Gasteiger partial charge in [0.1, 0.15) is 11.9 Å². The van der Waals surface area contributed by atoms with Gasteiger partial charge in [0.25, 0.3) is 11.5 Å². The molecule has 2 aromatic heterocycles. The van der Waals surface area contributed by atoms with Gasteiger partial charge in [-0.05, 0) is 54.8 Å². The number of carbonyl (C=O) groups is 2. The summed E-state index contributed by atoms with van der Waals surface area (Å²) in [7, 11) is 1.53. The maximum Gasteiger partial charge on any atom is 0.411 e. The van der Waals surface area contributed by atoms with Crippen LogP contribution in [0.4, 0.5) is 23.2 Å². The van der Waals surface area contributed by atoms with Gasteiger partial charge in [0.05, 0.1) is 47.6 Å². The molecule has 1 saturated heterocycles. The van der Waals surface area contributed by atoms with E-state index in [2.05, 4.69) is 10.3 Å². The van der Waals surface area contributed by atoms with Crippen LogP contribution in [0.25, 0.3) is 16.6 Å². The third kappa shape index (κ3) is 6.29. The summed E-state index contributed by atoms with van der Waals surface area (Å²) in [6.07, 6.45) is -1.63. The van der Waals surface area contributed by atoms with E-state index in [1.807, 2.05) is 0 Å². The number of nitrogens with one attached hydrogen (secondary N) is 1. The number of alkyl halides is 3. The van der Waals surface area contributed by atoms with E-state index in [1.165, 1.54) is 43.1 Å². The molecule has 1 aliphatic rings. The molecule has 1 aliphatic heterocycles. The second-order valence-electron chi connectivity index (χ2n) is 11.0. The lowest BCUT2D eigenvalue weighted by atomic mass is 9.99. The topological polar surface area (TPSA) is 116 Å². The fraction of sp³-hybridized carbons (Fsp3) is 0.344. The lowest BCUT2D eigenvalue weighted by molar-refractivity contribution is -0.167. The summed E-state index contributed by atoms with van der Waals surface area (Å²) in [6.45, 7) is 2.35. The highest BCUT2D eigenvalue weighted by atomic mass is 19.4. The van der Waals surface area contributed by atoms with Crippen LogP contribution in [0.3, 0.4) is 0 Å². The van der Waals surface area contributed by atoms with Crippen LogP contribution in [0.5, 0.6) is 0 Å². The Morgan fingerprint density at radius 2 is 1.83 bits per heavy atom. The normalized spacial score (nSPS) is 16.0. The van der Waals surface area contributed by atoms with E-state index in [1.54, 1.807) is 31.2 Å². The van der Waals surface area contributed by atoms with Crippen LogP contribution in [0.15, 0.2) is 64.4 Å². The number of carbonyl (C=O) groups excluding carboxylic acids is 2. The van der Waals surface area contributed by atoms with Crippen molar-refractivity contribution in [2.24, 2.45) is 7.05 Å². The first-order chi connectivity index (χ1) is 21.8. The lowest BCUT2D eigenvalue weighted by Gasteiger charge is -2.38. The first kappa shape index (κ1) is 32.5.